The Hall–Kier alpha value is -2.11. The molecular weight excluding hydrogens is 278 g/mol. The summed E-state index contributed by atoms with van der Waals surface area (Å²) in [5, 5.41) is 6.70. The first-order chi connectivity index (χ1) is 10.2. The number of hydrogen-bond acceptors (Lipinski definition) is 3. The van der Waals surface area contributed by atoms with Crippen molar-refractivity contribution in [2.45, 2.75) is 25.2 Å². The summed E-state index contributed by atoms with van der Waals surface area (Å²) in [5.74, 6) is -1.62. The minimum absolute atomic E-state index is 0.00906. The average Bonchev–Trinajstić information content (AvgIpc) is 2.95. The second kappa shape index (κ2) is 5.35. The number of halogens is 2. The van der Waals surface area contributed by atoms with Crippen LogP contribution in [0.5, 0.6) is 11.5 Å². The number of aromatic amines is 1. The van der Waals surface area contributed by atoms with E-state index in [1.54, 1.807) is 0 Å². The zero-order valence-corrected chi connectivity index (χ0v) is 11.8. The van der Waals surface area contributed by atoms with Crippen LogP contribution in [-0.2, 0) is 12.8 Å². The van der Waals surface area contributed by atoms with Gasteiger partial charge < -0.3 is 9.47 Å². The van der Waals surface area contributed by atoms with E-state index in [9.17, 15) is 8.78 Å². The van der Waals surface area contributed by atoms with E-state index < -0.39 is 11.6 Å². The van der Waals surface area contributed by atoms with E-state index >= 15 is 0 Å². The maximum absolute atomic E-state index is 14.5. The highest BCUT2D eigenvalue weighted by molar-refractivity contribution is 5.44. The molecule has 6 heteroatoms. The Balaban J connectivity index is 2.06. The second-order valence-electron chi connectivity index (χ2n) is 5.05. The first kappa shape index (κ1) is 13.9. The van der Waals surface area contributed by atoms with E-state index in [0.717, 1.165) is 11.3 Å². The SMILES string of the molecule is COc1cc(OC)c(F)c(C2CCc3[c]n[nH]c3C2)c1F. The molecular formula is C15H15F2N2O2. The number of nitrogens with zero attached hydrogens (tertiary/aromatic N) is 1. The van der Waals surface area contributed by atoms with Crippen molar-refractivity contribution in [3.8, 4) is 11.5 Å². The number of aryl methyl sites for hydroxylation is 1. The fraction of sp³-hybridized carbons (Fsp3) is 0.400. The summed E-state index contributed by atoms with van der Waals surface area (Å²) in [4.78, 5) is 0. The van der Waals surface area contributed by atoms with Gasteiger partial charge in [-0.1, -0.05) is 0 Å². The highest BCUT2D eigenvalue weighted by atomic mass is 19.1. The maximum Gasteiger partial charge on any atom is 0.171 e. The predicted octanol–water partition coefficient (Wildman–Crippen LogP) is 2.78. The van der Waals surface area contributed by atoms with Crippen LogP contribution in [0, 0.1) is 17.8 Å². The van der Waals surface area contributed by atoms with Gasteiger partial charge in [0.05, 0.1) is 14.2 Å². The molecule has 0 bridgehead atoms. The number of rotatable bonds is 3. The van der Waals surface area contributed by atoms with Crippen molar-refractivity contribution in [2.24, 2.45) is 0 Å². The van der Waals surface area contributed by atoms with Crippen LogP contribution in [-0.4, -0.2) is 24.4 Å². The van der Waals surface area contributed by atoms with Gasteiger partial charge in [0.2, 0.25) is 0 Å². The number of methoxy groups -OCH3 is 2. The third kappa shape index (κ3) is 2.24. The van der Waals surface area contributed by atoms with E-state index in [2.05, 4.69) is 16.4 Å². The lowest BCUT2D eigenvalue weighted by atomic mass is 9.82. The molecule has 21 heavy (non-hydrogen) atoms. The average molecular weight is 293 g/mol. The van der Waals surface area contributed by atoms with Crippen molar-refractivity contribution in [3.63, 3.8) is 0 Å². The van der Waals surface area contributed by atoms with Crippen LogP contribution in [0.3, 0.4) is 0 Å². The minimum Gasteiger partial charge on any atom is -0.494 e. The number of nitrogens with one attached hydrogen (secondary N) is 1. The number of H-pyrrole nitrogens is 1. The Morgan fingerprint density at radius 3 is 2.52 bits per heavy atom. The predicted molar refractivity (Wildman–Crippen MR) is 71.7 cm³/mol. The van der Waals surface area contributed by atoms with Crippen LogP contribution in [0.1, 0.15) is 29.2 Å². The summed E-state index contributed by atoms with van der Waals surface area (Å²) >= 11 is 0. The molecule has 4 nitrogen and oxygen atoms in total. The Bertz CT molecular complexity index is 642. The van der Waals surface area contributed by atoms with Crippen LogP contribution in [0.25, 0.3) is 0 Å². The molecule has 2 aromatic rings. The molecule has 0 fully saturated rings. The molecule has 111 valence electrons. The number of fused-ring (bicyclic) bond motifs is 1. The number of benzene rings is 1. The monoisotopic (exact) mass is 293 g/mol. The molecule has 1 N–H and O–H groups in total. The van der Waals surface area contributed by atoms with Gasteiger partial charge in [-0.15, -0.1) is 0 Å². The quantitative estimate of drug-likeness (QED) is 0.946. The van der Waals surface area contributed by atoms with Gasteiger partial charge >= 0.3 is 0 Å². The van der Waals surface area contributed by atoms with Gasteiger partial charge in [-0.05, 0) is 25.2 Å². The summed E-state index contributed by atoms with van der Waals surface area (Å²) in [6, 6.07) is 1.23. The van der Waals surface area contributed by atoms with Crippen molar-refractivity contribution in [1.82, 2.24) is 10.2 Å². The molecule has 1 aliphatic carbocycles. The lowest BCUT2D eigenvalue weighted by Gasteiger charge is -2.24. The molecule has 1 radical (unpaired) electrons. The fourth-order valence-electron chi connectivity index (χ4n) is 2.85. The van der Waals surface area contributed by atoms with Gasteiger partial charge in [-0.25, -0.2) is 8.78 Å². The highest BCUT2D eigenvalue weighted by Gasteiger charge is 2.30. The zero-order chi connectivity index (χ0) is 15.0. The summed E-state index contributed by atoms with van der Waals surface area (Å²) < 4.78 is 38.9. The molecule has 0 amide bonds. The molecule has 1 unspecified atom stereocenters. The van der Waals surface area contributed by atoms with Crippen molar-refractivity contribution in [3.05, 3.63) is 40.7 Å². The third-order valence-electron chi connectivity index (χ3n) is 3.96. The van der Waals surface area contributed by atoms with Gasteiger partial charge in [-0.2, -0.15) is 5.10 Å². The van der Waals surface area contributed by atoms with E-state index in [-0.39, 0.29) is 23.0 Å². The van der Waals surface area contributed by atoms with Crippen molar-refractivity contribution < 1.29 is 18.3 Å². The van der Waals surface area contributed by atoms with E-state index in [0.29, 0.717) is 19.3 Å². The molecule has 0 saturated heterocycles. The normalized spacial score (nSPS) is 17.4. The van der Waals surface area contributed by atoms with Crippen molar-refractivity contribution in [2.75, 3.05) is 14.2 Å². The third-order valence-corrected chi connectivity index (χ3v) is 3.96. The second-order valence-corrected chi connectivity index (χ2v) is 5.05. The van der Waals surface area contributed by atoms with Gasteiger partial charge in [0.1, 0.15) is 6.20 Å². The summed E-state index contributed by atoms with van der Waals surface area (Å²) in [7, 11) is 2.70. The molecule has 1 aromatic carbocycles. The Kier molecular flexibility index (Phi) is 3.53. The maximum atomic E-state index is 14.5. The Morgan fingerprint density at radius 1 is 1.24 bits per heavy atom. The molecule has 1 aliphatic rings. The molecule has 1 aromatic heterocycles. The topological polar surface area (TPSA) is 47.1 Å². The first-order valence-electron chi connectivity index (χ1n) is 6.69. The molecule has 3 rings (SSSR count). The van der Waals surface area contributed by atoms with Gasteiger partial charge in [0, 0.05) is 22.9 Å². The van der Waals surface area contributed by atoms with E-state index in [1.165, 1.54) is 20.3 Å². The van der Waals surface area contributed by atoms with Crippen LogP contribution >= 0.6 is 0 Å². The van der Waals surface area contributed by atoms with Crippen LogP contribution in [0.4, 0.5) is 8.78 Å². The van der Waals surface area contributed by atoms with Crippen LogP contribution in [0.2, 0.25) is 0 Å². The summed E-state index contributed by atoms with van der Waals surface area (Å²) in [6.07, 6.45) is 4.68. The lowest BCUT2D eigenvalue weighted by Crippen LogP contribution is -2.16. The summed E-state index contributed by atoms with van der Waals surface area (Å²) in [6.45, 7) is 0. The Labute approximate surface area is 121 Å². The zero-order valence-electron chi connectivity index (χ0n) is 11.8. The van der Waals surface area contributed by atoms with Crippen molar-refractivity contribution >= 4 is 0 Å². The summed E-state index contributed by atoms with van der Waals surface area (Å²) in [5.41, 5.74) is 1.89. The molecule has 0 saturated carbocycles. The molecule has 1 heterocycles. The number of aromatic nitrogens is 2. The lowest BCUT2D eigenvalue weighted by molar-refractivity contribution is 0.347. The first-order valence-corrected chi connectivity index (χ1v) is 6.69. The van der Waals surface area contributed by atoms with Gasteiger partial charge in [-0.3, -0.25) is 5.10 Å². The molecule has 0 spiro atoms. The smallest absolute Gasteiger partial charge is 0.171 e. The van der Waals surface area contributed by atoms with Gasteiger partial charge in [0.25, 0.3) is 0 Å². The number of hydrogen-bond donors (Lipinski definition) is 1. The van der Waals surface area contributed by atoms with E-state index in [1.807, 2.05) is 0 Å². The van der Waals surface area contributed by atoms with Crippen molar-refractivity contribution in [1.29, 1.82) is 0 Å². The molecule has 1 atom stereocenters. The largest absolute Gasteiger partial charge is 0.494 e. The van der Waals surface area contributed by atoms with Crippen LogP contribution in [0.15, 0.2) is 6.07 Å². The fourth-order valence-corrected chi connectivity index (χ4v) is 2.85. The molecule has 0 aliphatic heterocycles. The van der Waals surface area contributed by atoms with E-state index in [4.69, 9.17) is 9.47 Å². The Morgan fingerprint density at radius 2 is 1.90 bits per heavy atom. The van der Waals surface area contributed by atoms with Crippen LogP contribution < -0.4 is 9.47 Å². The highest BCUT2D eigenvalue weighted by Crippen LogP contribution is 2.40. The number of ether oxygens (including phenoxy) is 2. The minimum atomic E-state index is -0.659. The van der Waals surface area contributed by atoms with Gasteiger partial charge in [0.15, 0.2) is 23.1 Å². The standard InChI is InChI=1S/C15H15F2N2O2/c1-20-11-6-12(21-2)15(17)13(14(11)16)8-3-4-9-7-18-19-10(9)5-8/h6,8H,3-5H2,1-2H3,(H,18,19).